The molecule has 2 aromatic rings. The number of halogens is 1. The van der Waals surface area contributed by atoms with Gasteiger partial charge in [0.05, 0.1) is 5.39 Å². The van der Waals surface area contributed by atoms with Crippen LogP contribution in [0.1, 0.15) is 25.7 Å². The highest BCUT2D eigenvalue weighted by Gasteiger charge is 2.16. The summed E-state index contributed by atoms with van der Waals surface area (Å²) in [6.07, 6.45) is 5.41. The summed E-state index contributed by atoms with van der Waals surface area (Å²) in [7, 11) is 0. The third kappa shape index (κ3) is 2.38. The summed E-state index contributed by atoms with van der Waals surface area (Å²) in [5.74, 6) is 1.79. The number of aromatic nitrogens is 2. The van der Waals surface area contributed by atoms with Crippen molar-refractivity contribution in [3.63, 3.8) is 0 Å². The first kappa shape index (κ1) is 11.2. The van der Waals surface area contributed by atoms with Gasteiger partial charge in [-0.1, -0.05) is 19.3 Å². The first-order valence-electron chi connectivity index (χ1n) is 5.97. The highest BCUT2D eigenvalue weighted by atomic mass is 35.5. The number of rotatable bonds is 4. The molecule has 0 saturated heterocycles. The molecule has 0 radical (unpaired) electrons. The van der Waals surface area contributed by atoms with E-state index in [0.717, 1.165) is 28.5 Å². The number of hydrogen-bond donors (Lipinski definition) is 1. The zero-order chi connectivity index (χ0) is 11.7. The van der Waals surface area contributed by atoms with Crippen LogP contribution in [-0.2, 0) is 0 Å². The van der Waals surface area contributed by atoms with Crippen molar-refractivity contribution in [3.05, 3.63) is 16.7 Å². The predicted molar refractivity (Wildman–Crippen MR) is 72.9 cm³/mol. The molecule has 1 aliphatic rings. The summed E-state index contributed by atoms with van der Waals surface area (Å²) in [4.78, 5) is 9.42. The van der Waals surface area contributed by atoms with Crippen molar-refractivity contribution in [1.29, 1.82) is 0 Å². The molecule has 0 amide bonds. The summed E-state index contributed by atoms with van der Waals surface area (Å²) in [6.45, 7) is 0.975. The Balaban J connectivity index is 1.72. The van der Waals surface area contributed by atoms with E-state index in [0.29, 0.717) is 5.28 Å². The monoisotopic (exact) mass is 267 g/mol. The Kier molecular flexibility index (Phi) is 3.16. The van der Waals surface area contributed by atoms with Crippen LogP contribution in [0, 0.1) is 5.92 Å². The van der Waals surface area contributed by atoms with Crippen molar-refractivity contribution in [3.8, 4) is 0 Å². The maximum Gasteiger partial charge on any atom is 0.225 e. The van der Waals surface area contributed by atoms with Gasteiger partial charge < -0.3 is 5.32 Å². The number of nitrogens with one attached hydrogen (secondary N) is 1. The zero-order valence-electron chi connectivity index (χ0n) is 9.45. The molecular formula is C12H14ClN3S. The minimum absolute atomic E-state index is 0.325. The Morgan fingerprint density at radius 2 is 2.29 bits per heavy atom. The largest absolute Gasteiger partial charge is 0.369 e. The van der Waals surface area contributed by atoms with Crippen LogP contribution in [0.15, 0.2) is 11.4 Å². The van der Waals surface area contributed by atoms with Gasteiger partial charge in [0.1, 0.15) is 10.6 Å². The molecule has 5 heteroatoms. The molecule has 0 spiro atoms. The van der Waals surface area contributed by atoms with Crippen molar-refractivity contribution in [1.82, 2.24) is 9.97 Å². The fourth-order valence-electron chi connectivity index (χ4n) is 2.14. The summed E-state index contributed by atoms with van der Waals surface area (Å²) >= 11 is 7.50. The van der Waals surface area contributed by atoms with Gasteiger partial charge in [-0.3, -0.25) is 0 Å². The number of anilines is 1. The van der Waals surface area contributed by atoms with E-state index in [4.69, 9.17) is 11.6 Å². The predicted octanol–water partition coefficient (Wildman–Crippen LogP) is 3.95. The molecule has 2 aromatic heterocycles. The van der Waals surface area contributed by atoms with Crippen LogP contribution in [0.2, 0.25) is 5.28 Å². The standard InChI is InChI=1S/C12H14ClN3S/c13-12-15-10(9-5-7-17-11(9)16-12)14-6-4-8-2-1-3-8/h5,7-8H,1-4,6H2,(H,14,15,16). The van der Waals surface area contributed by atoms with Gasteiger partial charge in [-0.2, -0.15) is 0 Å². The van der Waals surface area contributed by atoms with Crippen LogP contribution < -0.4 is 5.32 Å². The minimum Gasteiger partial charge on any atom is -0.369 e. The molecule has 1 N–H and O–H groups in total. The van der Waals surface area contributed by atoms with E-state index in [1.165, 1.54) is 25.7 Å². The molecule has 3 rings (SSSR count). The lowest BCUT2D eigenvalue weighted by Gasteiger charge is -2.25. The first-order valence-corrected chi connectivity index (χ1v) is 7.23. The maximum atomic E-state index is 5.91. The van der Waals surface area contributed by atoms with E-state index in [2.05, 4.69) is 15.3 Å². The minimum atomic E-state index is 0.325. The van der Waals surface area contributed by atoms with Crippen LogP contribution in [-0.4, -0.2) is 16.5 Å². The van der Waals surface area contributed by atoms with E-state index in [1.807, 2.05) is 11.4 Å². The highest BCUT2D eigenvalue weighted by Crippen LogP contribution is 2.30. The highest BCUT2D eigenvalue weighted by molar-refractivity contribution is 7.16. The van der Waals surface area contributed by atoms with E-state index in [1.54, 1.807) is 11.3 Å². The molecule has 0 aliphatic heterocycles. The van der Waals surface area contributed by atoms with E-state index in [-0.39, 0.29) is 0 Å². The summed E-state index contributed by atoms with van der Waals surface area (Å²) in [5, 5.41) is 6.81. The van der Waals surface area contributed by atoms with Gasteiger partial charge in [0.2, 0.25) is 5.28 Å². The average Bonchev–Trinajstić information content (AvgIpc) is 2.69. The molecule has 17 heavy (non-hydrogen) atoms. The van der Waals surface area contributed by atoms with E-state index in [9.17, 15) is 0 Å². The van der Waals surface area contributed by atoms with Crippen LogP contribution in [0.5, 0.6) is 0 Å². The first-order chi connectivity index (χ1) is 8.33. The van der Waals surface area contributed by atoms with Crippen LogP contribution in [0.4, 0.5) is 5.82 Å². The van der Waals surface area contributed by atoms with Crippen molar-refractivity contribution >= 4 is 39.0 Å². The number of hydrogen-bond acceptors (Lipinski definition) is 4. The molecule has 3 nitrogen and oxygen atoms in total. The van der Waals surface area contributed by atoms with Crippen LogP contribution >= 0.6 is 22.9 Å². The smallest absolute Gasteiger partial charge is 0.225 e. The summed E-state index contributed by atoms with van der Waals surface area (Å²) in [6, 6.07) is 2.04. The Morgan fingerprint density at radius 3 is 3.06 bits per heavy atom. The molecule has 0 unspecified atom stereocenters. The quantitative estimate of drug-likeness (QED) is 0.853. The molecule has 90 valence electrons. The summed E-state index contributed by atoms with van der Waals surface area (Å²) < 4.78 is 0. The van der Waals surface area contributed by atoms with E-state index < -0.39 is 0 Å². The maximum absolute atomic E-state index is 5.91. The van der Waals surface area contributed by atoms with Crippen LogP contribution in [0.25, 0.3) is 10.2 Å². The fraction of sp³-hybridized carbons (Fsp3) is 0.500. The third-order valence-electron chi connectivity index (χ3n) is 3.37. The lowest BCUT2D eigenvalue weighted by atomic mass is 9.83. The second-order valence-corrected chi connectivity index (χ2v) is 5.73. The zero-order valence-corrected chi connectivity index (χ0v) is 11.0. The second kappa shape index (κ2) is 4.78. The number of fused-ring (bicyclic) bond motifs is 1. The molecule has 1 fully saturated rings. The van der Waals surface area contributed by atoms with Gasteiger partial charge in [0.25, 0.3) is 0 Å². The molecule has 2 heterocycles. The Bertz CT molecular complexity index is 521. The summed E-state index contributed by atoms with van der Waals surface area (Å²) in [5.41, 5.74) is 0. The average molecular weight is 268 g/mol. The second-order valence-electron chi connectivity index (χ2n) is 4.49. The van der Waals surface area contributed by atoms with Crippen LogP contribution in [0.3, 0.4) is 0 Å². The van der Waals surface area contributed by atoms with Crippen molar-refractivity contribution < 1.29 is 0 Å². The molecular weight excluding hydrogens is 254 g/mol. The Morgan fingerprint density at radius 1 is 1.41 bits per heavy atom. The van der Waals surface area contributed by atoms with Gasteiger partial charge in [-0.15, -0.1) is 11.3 Å². The fourth-order valence-corrected chi connectivity index (χ4v) is 3.12. The van der Waals surface area contributed by atoms with Gasteiger partial charge >= 0.3 is 0 Å². The third-order valence-corrected chi connectivity index (χ3v) is 4.34. The molecule has 0 atom stereocenters. The van der Waals surface area contributed by atoms with Gasteiger partial charge in [-0.05, 0) is 35.4 Å². The lowest BCUT2D eigenvalue weighted by Crippen LogP contribution is -2.16. The Hall–Kier alpha value is -0.870. The lowest BCUT2D eigenvalue weighted by molar-refractivity contribution is 0.303. The molecule has 1 saturated carbocycles. The Labute approximate surface area is 109 Å². The van der Waals surface area contributed by atoms with Crippen molar-refractivity contribution in [2.75, 3.05) is 11.9 Å². The van der Waals surface area contributed by atoms with Gasteiger partial charge in [0.15, 0.2) is 0 Å². The van der Waals surface area contributed by atoms with E-state index >= 15 is 0 Å². The normalized spacial score (nSPS) is 16.1. The molecule has 1 aliphatic carbocycles. The topological polar surface area (TPSA) is 37.8 Å². The molecule has 0 aromatic carbocycles. The number of nitrogens with zero attached hydrogens (tertiary/aromatic N) is 2. The van der Waals surface area contributed by atoms with Gasteiger partial charge in [-0.25, -0.2) is 9.97 Å². The van der Waals surface area contributed by atoms with Crippen molar-refractivity contribution in [2.24, 2.45) is 5.92 Å². The van der Waals surface area contributed by atoms with Gasteiger partial charge in [0, 0.05) is 6.54 Å². The molecule has 0 bridgehead atoms. The SMILES string of the molecule is Clc1nc(NCCC2CCC2)c2ccsc2n1. The number of thiophene rings is 1. The van der Waals surface area contributed by atoms with Crippen molar-refractivity contribution in [2.45, 2.75) is 25.7 Å².